The Labute approximate surface area is 158 Å². The zero-order valence-corrected chi connectivity index (χ0v) is 15.7. The predicted octanol–water partition coefficient (Wildman–Crippen LogP) is 2.70. The molecule has 1 aliphatic rings. The maximum absolute atomic E-state index is 12.6. The summed E-state index contributed by atoms with van der Waals surface area (Å²) in [5.74, 6) is -0.438. The number of nitrogens with one attached hydrogen (secondary N) is 2. The van der Waals surface area contributed by atoms with Crippen molar-refractivity contribution >= 4 is 17.5 Å². The quantitative estimate of drug-likeness (QED) is 0.853. The SMILES string of the molecule is CCC(=O)Nc1ccc(C)n(CC(=O)NC2CCCc3ccccc32)c1=O. The lowest BCUT2D eigenvalue weighted by molar-refractivity contribution is -0.122. The molecule has 3 rings (SSSR count). The second kappa shape index (κ2) is 8.20. The van der Waals surface area contributed by atoms with E-state index in [1.807, 2.05) is 12.1 Å². The molecule has 0 bridgehead atoms. The number of carbonyl (C=O) groups is 2. The molecule has 6 heteroatoms. The summed E-state index contributed by atoms with van der Waals surface area (Å²) in [6, 6.07) is 11.4. The predicted molar refractivity (Wildman–Crippen MR) is 105 cm³/mol. The van der Waals surface area contributed by atoms with Crippen LogP contribution in [0.25, 0.3) is 0 Å². The minimum Gasteiger partial charge on any atom is -0.348 e. The Morgan fingerprint density at radius 2 is 1.93 bits per heavy atom. The van der Waals surface area contributed by atoms with Crippen molar-refractivity contribution in [3.05, 3.63) is 63.6 Å². The van der Waals surface area contributed by atoms with Gasteiger partial charge < -0.3 is 15.2 Å². The van der Waals surface area contributed by atoms with Gasteiger partial charge in [-0.3, -0.25) is 14.4 Å². The average Bonchev–Trinajstić information content (AvgIpc) is 2.67. The molecule has 1 aromatic heterocycles. The van der Waals surface area contributed by atoms with Crippen molar-refractivity contribution in [1.29, 1.82) is 0 Å². The minimum absolute atomic E-state index is 0.0264. The van der Waals surface area contributed by atoms with E-state index in [1.165, 1.54) is 10.1 Å². The third-order valence-corrected chi connectivity index (χ3v) is 4.99. The number of aromatic nitrogens is 1. The third kappa shape index (κ3) is 4.27. The summed E-state index contributed by atoms with van der Waals surface area (Å²) in [5, 5.41) is 5.65. The molecule has 1 aromatic carbocycles. The number of hydrogen-bond donors (Lipinski definition) is 2. The van der Waals surface area contributed by atoms with Crippen LogP contribution in [0.15, 0.2) is 41.2 Å². The normalized spacial score (nSPS) is 15.7. The van der Waals surface area contributed by atoms with Crippen LogP contribution < -0.4 is 16.2 Å². The van der Waals surface area contributed by atoms with Crippen molar-refractivity contribution in [2.24, 2.45) is 0 Å². The second-order valence-electron chi connectivity index (χ2n) is 6.89. The summed E-state index contributed by atoms with van der Waals surface area (Å²) >= 11 is 0. The van der Waals surface area contributed by atoms with E-state index in [0.29, 0.717) is 5.69 Å². The van der Waals surface area contributed by atoms with Crippen LogP contribution in [-0.2, 0) is 22.6 Å². The number of aryl methyl sites for hydroxylation is 2. The van der Waals surface area contributed by atoms with Gasteiger partial charge in [0.1, 0.15) is 12.2 Å². The van der Waals surface area contributed by atoms with Crippen LogP contribution in [0, 0.1) is 6.92 Å². The molecule has 1 unspecified atom stereocenters. The summed E-state index contributed by atoms with van der Waals surface area (Å²) in [7, 11) is 0. The Kier molecular flexibility index (Phi) is 5.74. The molecule has 142 valence electrons. The number of pyridine rings is 1. The smallest absolute Gasteiger partial charge is 0.274 e. The number of nitrogens with zero attached hydrogens (tertiary/aromatic N) is 1. The largest absolute Gasteiger partial charge is 0.348 e. The molecular formula is C21H25N3O3. The van der Waals surface area contributed by atoms with Gasteiger partial charge in [0, 0.05) is 12.1 Å². The minimum atomic E-state index is -0.365. The molecule has 2 amide bonds. The van der Waals surface area contributed by atoms with E-state index in [4.69, 9.17) is 0 Å². The van der Waals surface area contributed by atoms with E-state index in [2.05, 4.69) is 22.8 Å². The van der Waals surface area contributed by atoms with Crippen molar-refractivity contribution in [1.82, 2.24) is 9.88 Å². The molecule has 0 spiro atoms. The molecule has 6 nitrogen and oxygen atoms in total. The van der Waals surface area contributed by atoms with Crippen LogP contribution in [0.1, 0.15) is 49.0 Å². The van der Waals surface area contributed by atoms with Crippen molar-refractivity contribution < 1.29 is 9.59 Å². The molecule has 0 saturated carbocycles. The molecule has 0 radical (unpaired) electrons. The number of carbonyl (C=O) groups excluding carboxylic acids is 2. The maximum Gasteiger partial charge on any atom is 0.274 e. The zero-order chi connectivity index (χ0) is 19.4. The van der Waals surface area contributed by atoms with Gasteiger partial charge in [0.2, 0.25) is 11.8 Å². The number of amides is 2. The average molecular weight is 367 g/mol. The fourth-order valence-corrected chi connectivity index (χ4v) is 3.49. The van der Waals surface area contributed by atoms with Crippen molar-refractivity contribution in [2.75, 3.05) is 5.32 Å². The fraction of sp³-hybridized carbons (Fsp3) is 0.381. The highest BCUT2D eigenvalue weighted by Crippen LogP contribution is 2.29. The van der Waals surface area contributed by atoms with E-state index in [0.717, 1.165) is 24.8 Å². The Hall–Kier alpha value is -2.89. The van der Waals surface area contributed by atoms with E-state index in [9.17, 15) is 14.4 Å². The molecule has 27 heavy (non-hydrogen) atoms. The van der Waals surface area contributed by atoms with Gasteiger partial charge in [-0.1, -0.05) is 31.2 Å². The van der Waals surface area contributed by atoms with Crippen LogP contribution >= 0.6 is 0 Å². The van der Waals surface area contributed by atoms with Gasteiger partial charge in [-0.05, 0) is 49.4 Å². The van der Waals surface area contributed by atoms with E-state index >= 15 is 0 Å². The van der Waals surface area contributed by atoms with Gasteiger partial charge in [0.15, 0.2) is 0 Å². The van der Waals surface area contributed by atoms with Gasteiger partial charge in [0.05, 0.1) is 6.04 Å². The van der Waals surface area contributed by atoms with Crippen LogP contribution in [0.5, 0.6) is 0 Å². The lowest BCUT2D eigenvalue weighted by Gasteiger charge is -2.26. The van der Waals surface area contributed by atoms with Crippen molar-refractivity contribution in [3.63, 3.8) is 0 Å². The number of hydrogen-bond acceptors (Lipinski definition) is 3. The highest BCUT2D eigenvalue weighted by atomic mass is 16.2. The third-order valence-electron chi connectivity index (χ3n) is 4.99. The first-order valence-corrected chi connectivity index (χ1v) is 9.37. The first-order chi connectivity index (χ1) is 13.0. The summed E-state index contributed by atoms with van der Waals surface area (Å²) in [4.78, 5) is 36.9. The number of anilines is 1. The molecule has 2 N–H and O–H groups in total. The maximum atomic E-state index is 12.6. The number of rotatable bonds is 5. The number of fused-ring (bicyclic) bond motifs is 1. The molecule has 1 aliphatic carbocycles. The van der Waals surface area contributed by atoms with Gasteiger partial charge in [-0.15, -0.1) is 0 Å². The van der Waals surface area contributed by atoms with Crippen molar-refractivity contribution in [2.45, 2.75) is 52.1 Å². The Morgan fingerprint density at radius 1 is 1.15 bits per heavy atom. The molecule has 0 saturated heterocycles. The van der Waals surface area contributed by atoms with Crippen LogP contribution in [-0.4, -0.2) is 16.4 Å². The molecule has 0 fully saturated rings. The number of benzene rings is 1. The van der Waals surface area contributed by atoms with Gasteiger partial charge in [0.25, 0.3) is 5.56 Å². The van der Waals surface area contributed by atoms with E-state index < -0.39 is 0 Å². The molecular weight excluding hydrogens is 342 g/mol. The Morgan fingerprint density at radius 3 is 2.70 bits per heavy atom. The lowest BCUT2D eigenvalue weighted by Crippen LogP contribution is -2.37. The van der Waals surface area contributed by atoms with Crippen LogP contribution in [0.2, 0.25) is 0 Å². The van der Waals surface area contributed by atoms with Crippen molar-refractivity contribution in [3.8, 4) is 0 Å². The van der Waals surface area contributed by atoms with E-state index in [1.54, 1.807) is 26.0 Å². The molecule has 2 aromatic rings. The Bertz CT molecular complexity index is 917. The summed E-state index contributed by atoms with van der Waals surface area (Å²) < 4.78 is 1.40. The lowest BCUT2D eigenvalue weighted by atomic mass is 9.88. The van der Waals surface area contributed by atoms with Crippen LogP contribution in [0.3, 0.4) is 0 Å². The van der Waals surface area contributed by atoms with Gasteiger partial charge in [-0.2, -0.15) is 0 Å². The highest BCUT2D eigenvalue weighted by Gasteiger charge is 2.22. The summed E-state index contributed by atoms with van der Waals surface area (Å²) in [5.41, 5.74) is 2.93. The fourth-order valence-electron chi connectivity index (χ4n) is 3.49. The summed E-state index contributed by atoms with van der Waals surface area (Å²) in [6.07, 6.45) is 3.23. The zero-order valence-electron chi connectivity index (χ0n) is 15.7. The van der Waals surface area contributed by atoms with Gasteiger partial charge in [-0.25, -0.2) is 0 Å². The highest BCUT2D eigenvalue weighted by molar-refractivity contribution is 5.90. The topological polar surface area (TPSA) is 80.2 Å². The molecule has 0 aliphatic heterocycles. The Balaban J connectivity index is 1.76. The standard InChI is InChI=1S/C21H25N3O3/c1-3-19(25)23-18-12-11-14(2)24(21(18)27)13-20(26)22-17-10-6-8-15-7-4-5-9-16(15)17/h4-5,7,9,11-12,17H,3,6,8,10,13H2,1-2H3,(H,22,26)(H,23,25). The monoisotopic (exact) mass is 367 g/mol. The second-order valence-corrected chi connectivity index (χ2v) is 6.89. The van der Waals surface area contributed by atoms with Gasteiger partial charge >= 0.3 is 0 Å². The first-order valence-electron chi connectivity index (χ1n) is 9.37. The van der Waals surface area contributed by atoms with E-state index in [-0.39, 0.29) is 42.1 Å². The summed E-state index contributed by atoms with van der Waals surface area (Å²) in [6.45, 7) is 3.42. The molecule has 1 atom stereocenters. The molecule has 1 heterocycles. The first kappa shape index (κ1) is 18.9. The van der Waals surface area contributed by atoms with Crippen LogP contribution in [0.4, 0.5) is 5.69 Å².